The molecule has 0 radical (unpaired) electrons. The molecule has 12 heteroatoms. The lowest BCUT2D eigenvalue weighted by molar-refractivity contribution is -0.164. The standard InChI is InChI=1S/C33H39N3O8S/c1-19-26-29(37)36(21-16-20(17-21)31(38)44-33(2,3)4)32(39)35(30(26)45-27(19)28-34-12-15-42-28)18-25(43-22-10-13-41-14-11-22)23-8-6-7-9-24(23)40-5/h6-9,12,15,20-22,25H,10-11,13-14,16-18H2,1-5H3. The number of oxazole rings is 1. The molecule has 4 aromatic rings. The molecule has 240 valence electrons. The van der Waals surface area contributed by atoms with Gasteiger partial charge in [-0.3, -0.25) is 18.7 Å². The lowest BCUT2D eigenvalue weighted by atomic mass is 9.80. The van der Waals surface area contributed by atoms with Crippen molar-refractivity contribution < 1.29 is 28.2 Å². The molecular formula is C33H39N3O8S. The largest absolute Gasteiger partial charge is 0.496 e. The minimum atomic E-state index is -0.618. The molecule has 1 aliphatic carbocycles. The third kappa shape index (κ3) is 6.23. The topological polar surface area (TPSA) is 124 Å². The van der Waals surface area contributed by atoms with Gasteiger partial charge in [-0.2, -0.15) is 0 Å². The molecule has 45 heavy (non-hydrogen) atoms. The average molecular weight is 638 g/mol. The van der Waals surface area contributed by atoms with Gasteiger partial charge in [-0.25, -0.2) is 9.78 Å². The van der Waals surface area contributed by atoms with Crippen molar-refractivity contribution in [3.05, 3.63) is 68.7 Å². The van der Waals surface area contributed by atoms with Gasteiger partial charge in [0.25, 0.3) is 5.56 Å². The van der Waals surface area contributed by atoms with Crippen molar-refractivity contribution in [1.82, 2.24) is 14.1 Å². The van der Waals surface area contributed by atoms with Gasteiger partial charge in [0.2, 0.25) is 5.89 Å². The number of benzene rings is 1. The lowest BCUT2D eigenvalue weighted by Crippen LogP contribution is -2.48. The molecule has 2 fully saturated rings. The molecule has 0 spiro atoms. The maximum Gasteiger partial charge on any atom is 0.332 e. The third-order valence-corrected chi connectivity index (χ3v) is 9.75. The van der Waals surface area contributed by atoms with Crippen LogP contribution in [0.1, 0.15) is 69.7 Å². The summed E-state index contributed by atoms with van der Waals surface area (Å²) in [6.07, 6.45) is 4.57. The van der Waals surface area contributed by atoms with Crippen LogP contribution in [-0.2, 0) is 25.5 Å². The fourth-order valence-electron chi connectivity index (χ4n) is 6.12. The summed E-state index contributed by atoms with van der Waals surface area (Å²) in [6.45, 7) is 8.65. The molecule has 6 rings (SSSR count). The Morgan fingerprint density at radius 1 is 1.16 bits per heavy atom. The number of aryl methyl sites for hydroxylation is 1. The lowest BCUT2D eigenvalue weighted by Gasteiger charge is -2.36. The summed E-state index contributed by atoms with van der Waals surface area (Å²) in [5.74, 6) is 0.336. The maximum absolute atomic E-state index is 14.4. The van der Waals surface area contributed by atoms with Crippen molar-refractivity contribution in [1.29, 1.82) is 0 Å². The molecule has 0 N–H and O–H groups in total. The molecule has 1 saturated carbocycles. The van der Waals surface area contributed by atoms with Crippen molar-refractivity contribution in [2.45, 2.75) is 83.8 Å². The van der Waals surface area contributed by atoms with Gasteiger partial charge in [0.05, 0.1) is 42.1 Å². The van der Waals surface area contributed by atoms with Gasteiger partial charge in [0, 0.05) is 24.8 Å². The second kappa shape index (κ2) is 12.6. The molecule has 3 aromatic heterocycles. The van der Waals surface area contributed by atoms with Crippen LogP contribution in [0.3, 0.4) is 0 Å². The second-order valence-electron chi connectivity index (χ2n) is 12.7. The van der Waals surface area contributed by atoms with Gasteiger partial charge in [-0.1, -0.05) is 18.2 Å². The quantitative estimate of drug-likeness (QED) is 0.221. The zero-order chi connectivity index (χ0) is 31.9. The molecule has 1 saturated heterocycles. The summed E-state index contributed by atoms with van der Waals surface area (Å²) >= 11 is 1.30. The van der Waals surface area contributed by atoms with E-state index in [1.165, 1.54) is 22.2 Å². The Balaban J connectivity index is 1.46. The molecular weight excluding hydrogens is 598 g/mol. The Morgan fingerprint density at radius 3 is 2.56 bits per heavy atom. The summed E-state index contributed by atoms with van der Waals surface area (Å²) in [7, 11) is 1.61. The minimum Gasteiger partial charge on any atom is -0.496 e. The van der Waals surface area contributed by atoms with Crippen LogP contribution in [0.15, 0.2) is 50.7 Å². The van der Waals surface area contributed by atoms with Gasteiger partial charge in [-0.15, -0.1) is 11.3 Å². The first-order chi connectivity index (χ1) is 21.6. The highest BCUT2D eigenvalue weighted by molar-refractivity contribution is 7.22. The molecule has 0 bridgehead atoms. The molecule has 1 atom stereocenters. The summed E-state index contributed by atoms with van der Waals surface area (Å²) in [5.41, 5.74) is 0.0406. The number of hydrogen-bond acceptors (Lipinski definition) is 10. The van der Waals surface area contributed by atoms with Crippen LogP contribution in [0.25, 0.3) is 21.0 Å². The van der Waals surface area contributed by atoms with E-state index in [2.05, 4.69) is 4.98 Å². The number of thiophene rings is 1. The van der Waals surface area contributed by atoms with Crippen molar-refractivity contribution in [3.63, 3.8) is 0 Å². The predicted octanol–water partition coefficient (Wildman–Crippen LogP) is 5.43. The van der Waals surface area contributed by atoms with Gasteiger partial charge >= 0.3 is 11.7 Å². The number of ether oxygens (including phenoxy) is 4. The van der Waals surface area contributed by atoms with E-state index in [4.69, 9.17) is 23.4 Å². The van der Waals surface area contributed by atoms with E-state index in [9.17, 15) is 14.4 Å². The van der Waals surface area contributed by atoms with Crippen molar-refractivity contribution in [2.75, 3.05) is 20.3 Å². The highest BCUT2D eigenvalue weighted by atomic mass is 32.1. The number of esters is 1. The second-order valence-corrected chi connectivity index (χ2v) is 13.7. The number of fused-ring (bicyclic) bond motifs is 1. The van der Waals surface area contributed by atoms with E-state index < -0.39 is 23.4 Å². The van der Waals surface area contributed by atoms with E-state index in [1.807, 2.05) is 52.0 Å². The summed E-state index contributed by atoms with van der Waals surface area (Å²) in [6, 6.07) is 7.18. The molecule has 1 unspecified atom stereocenters. The summed E-state index contributed by atoms with van der Waals surface area (Å²) in [5, 5.41) is 0.429. The number of carbonyl (C=O) groups excluding carboxylic acids is 1. The first kappa shape index (κ1) is 31.3. The number of hydrogen-bond donors (Lipinski definition) is 0. The van der Waals surface area contributed by atoms with Gasteiger partial charge in [0.1, 0.15) is 28.5 Å². The van der Waals surface area contributed by atoms with Crippen molar-refractivity contribution in [3.8, 4) is 16.5 Å². The Bertz CT molecular complexity index is 1790. The first-order valence-electron chi connectivity index (χ1n) is 15.3. The maximum atomic E-state index is 14.4. The number of methoxy groups -OCH3 is 1. The smallest absolute Gasteiger partial charge is 0.332 e. The Labute approximate surface area is 264 Å². The average Bonchev–Trinajstić information content (AvgIpc) is 3.63. The van der Waals surface area contributed by atoms with Crippen LogP contribution in [0.4, 0.5) is 0 Å². The number of nitrogens with zero attached hydrogens (tertiary/aromatic N) is 3. The molecule has 2 aliphatic rings. The zero-order valence-corrected chi connectivity index (χ0v) is 27.1. The molecule has 0 amide bonds. The number of para-hydroxylation sites is 1. The van der Waals surface area contributed by atoms with Crippen LogP contribution in [0, 0.1) is 12.8 Å². The fraction of sp³-hybridized carbons (Fsp3) is 0.515. The number of rotatable bonds is 9. The predicted molar refractivity (Wildman–Crippen MR) is 169 cm³/mol. The molecule has 4 heterocycles. The molecule has 11 nitrogen and oxygen atoms in total. The highest BCUT2D eigenvalue weighted by Crippen LogP contribution is 2.41. The molecule has 1 aromatic carbocycles. The fourth-order valence-corrected chi connectivity index (χ4v) is 7.36. The van der Waals surface area contributed by atoms with Crippen LogP contribution < -0.4 is 16.0 Å². The van der Waals surface area contributed by atoms with Crippen LogP contribution >= 0.6 is 11.3 Å². The van der Waals surface area contributed by atoms with E-state index in [-0.39, 0.29) is 30.1 Å². The summed E-state index contributed by atoms with van der Waals surface area (Å²) in [4.78, 5) is 46.9. The van der Waals surface area contributed by atoms with Crippen molar-refractivity contribution >= 4 is 27.5 Å². The van der Waals surface area contributed by atoms with E-state index in [0.29, 0.717) is 58.4 Å². The SMILES string of the molecule is COc1ccccc1C(Cn1c(=O)n(C2CC(C(=O)OC(C)(C)C)C2)c(=O)c2c(C)c(-c3ncco3)sc21)OC1CCOCC1. The summed E-state index contributed by atoms with van der Waals surface area (Å²) < 4.78 is 32.1. The number of carbonyl (C=O) groups is 1. The first-order valence-corrected chi connectivity index (χ1v) is 16.1. The van der Waals surface area contributed by atoms with E-state index in [1.54, 1.807) is 17.9 Å². The number of aromatic nitrogens is 3. The van der Waals surface area contributed by atoms with Gasteiger partial charge < -0.3 is 23.4 Å². The van der Waals surface area contributed by atoms with Gasteiger partial charge in [-0.05, 0) is 65.0 Å². The minimum absolute atomic E-state index is 0.0695. The van der Waals surface area contributed by atoms with E-state index >= 15 is 0 Å². The van der Waals surface area contributed by atoms with E-state index in [0.717, 1.165) is 18.4 Å². The van der Waals surface area contributed by atoms with Crippen LogP contribution in [0.5, 0.6) is 5.75 Å². The zero-order valence-electron chi connectivity index (χ0n) is 26.2. The highest BCUT2D eigenvalue weighted by Gasteiger charge is 2.40. The Kier molecular flexibility index (Phi) is 8.73. The monoisotopic (exact) mass is 637 g/mol. The van der Waals surface area contributed by atoms with Crippen LogP contribution in [-0.4, -0.2) is 52.1 Å². The Hall–Kier alpha value is -3.74. The third-order valence-electron chi connectivity index (χ3n) is 8.45. The van der Waals surface area contributed by atoms with Crippen molar-refractivity contribution in [2.24, 2.45) is 5.92 Å². The van der Waals surface area contributed by atoms with Gasteiger partial charge in [0.15, 0.2) is 0 Å². The molecule has 1 aliphatic heterocycles. The Morgan fingerprint density at radius 2 is 1.89 bits per heavy atom. The normalized spacial score (nSPS) is 19.8. The van der Waals surface area contributed by atoms with Crippen LogP contribution in [0.2, 0.25) is 0 Å².